The first-order chi connectivity index (χ1) is 7.51. The number of carbonyl (C=O) groups is 1. The first-order valence-corrected chi connectivity index (χ1v) is 5.97. The van der Waals surface area contributed by atoms with E-state index >= 15 is 0 Å². The molecule has 0 aromatic heterocycles. The standard InChI is InChI=1S/C10H20O5Si/c1-5-6-8(11)15-9(12-2)7-10(16,13-3)14-4/h5-6,9H,7H2,1-4,16H3. The van der Waals surface area contributed by atoms with E-state index < -0.39 is 17.7 Å². The molecule has 0 aromatic rings. The minimum Gasteiger partial charge on any atom is -0.432 e. The predicted octanol–water partition coefficient (Wildman–Crippen LogP) is -0.220. The summed E-state index contributed by atoms with van der Waals surface area (Å²) in [6.07, 6.45) is 2.63. The van der Waals surface area contributed by atoms with Crippen LogP contribution in [0, 0.1) is 0 Å². The van der Waals surface area contributed by atoms with Gasteiger partial charge in [0, 0.05) is 27.4 Å². The molecule has 0 bridgehead atoms. The minimum atomic E-state index is -0.698. The molecule has 0 spiro atoms. The van der Waals surface area contributed by atoms with Crippen LogP contribution in [0.5, 0.6) is 0 Å². The van der Waals surface area contributed by atoms with Crippen LogP contribution in [-0.2, 0) is 23.7 Å². The van der Waals surface area contributed by atoms with Crippen LogP contribution in [0.1, 0.15) is 13.3 Å². The minimum absolute atomic E-state index is 0.353. The maximum absolute atomic E-state index is 11.2. The number of hydrogen-bond donors (Lipinski definition) is 0. The van der Waals surface area contributed by atoms with Crippen LogP contribution in [0.4, 0.5) is 0 Å². The van der Waals surface area contributed by atoms with Crippen LogP contribution in [0.25, 0.3) is 0 Å². The SMILES string of the molecule is CC=CC(=O)OC(CC([SiH3])(OC)OC)OC. The van der Waals surface area contributed by atoms with Gasteiger partial charge in [0.1, 0.15) is 5.41 Å². The second-order valence-corrected chi connectivity index (χ2v) is 4.87. The highest BCUT2D eigenvalue weighted by Crippen LogP contribution is 2.16. The van der Waals surface area contributed by atoms with E-state index in [1.807, 2.05) is 0 Å². The predicted molar refractivity (Wildman–Crippen MR) is 63.0 cm³/mol. The first kappa shape index (κ1) is 15.3. The Kier molecular flexibility index (Phi) is 7.23. The molecule has 0 rings (SSSR count). The van der Waals surface area contributed by atoms with E-state index in [1.165, 1.54) is 13.2 Å². The summed E-state index contributed by atoms with van der Waals surface area (Å²) in [5, 5.41) is 0. The Hall–Kier alpha value is -0.693. The molecule has 0 aliphatic carbocycles. The van der Waals surface area contributed by atoms with Crippen LogP contribution < -0.4 is 0 Å². The molecule has 0 saturated carbocycles. The van der Waals surface area contributed by atoms with Gasteiger partial charge in [0.15, 0.2) is 0 Å². The van der Waals surface area contributed by atoms with Crippen LogP contribution in [0.15, 0.2) is 12.2 Å². The van der Waals surface area contributed by atoms with Gasteiger partial charge in [-0.05, 0) is 6.92 Å². The highest BCUT2D eigenvalue weighted by atomic mass is 28.1. The lowest BCUT2D eigenvalue weighted by Crippen LogP contribution is -2.40. The molecule has 5 nitrogen and oxygen atoms in total. The van der Waals surface area contributed by atoms with Gasteiger partial charge in [-0.1, -0.05) is 6.08 Å². The van der Waals surface area contributed by atoms with Crippen molar-refractivity contribution in [2.45, 2.75) is 25.0 Å². The Bertz CT molecular complexity index is 237. The summed E-state index contributed by atoms with van der Waals surface area (Å²) in [5.74, 6) is -0.439. The van der Waals surface area contributed by atoms with Gasteiger partial charge in [0.2, 0.25) is 6.29 Å². The molecule has 6 heteroatoms. The van der Waals surface area contributed by atoms with Gasteiger partial charge in [-0.25, -0.2) is 4.79 Å². The maximum Gasteiger partial charge on any atom is 0.332 e. The number of rotatable bonds is 7. The molecule has 1 unspecified atom stereocenters. The molecule has 94 valence electrons. The summed E-state index contributed by atoms with van der Waals surface area (Å²) in [7, 11) is 5.22. The molecule has 0 amide bonds. The highest BCUT2D eigenvalue weighted by Gasteiger charge is 2.29. The van der Waals surface area contributed by atoms with Gasteiger partial charge < -0.3 is 18.9 Å². The molecule has 0 aliphatic rings. The van der Waals surface area contributed by atoms with Crippen LogP contribution in [-0.4, -0.2) is 49.2 Å². The summed E-state index contributed by atoms with van der Waals surface area (Å²) in [4.78, 5) is 11.2. The number of esters is 1. The van der Waals surface area contributed by atoms with Crippen molar-refractivity contribution in [3.63, 3.8) is 0 Å². The molecule has 0 aromatic carbocycles. The zero-order valence-electron chi connectivity index (χ0n) is 10.5. The molecule has 0 N–H and O–H groups in total. The third-order valence-corrected chi connectivity index (χ3v) is 3.44. The summed E-state index contributed by atoms with van der Waals surface area (Å²) in [5.41, 5.74) is -0.698. The lowest BCUT2D eigenvalue weighted by molar-refractivity contribution is -0.209. The van der Waals surface area contributed by atoms with E-state index in [1.54, 1.807) is 27.2 Å². The first-order valence-electron chi connectivity index (χ1n) is 4.97. The molecular weight excluding hydrogens is 228 g/mol. The Morgan fingerprint density at radius 2 is 1.94 bits per heavy atom. The van der Waals surface area contributed by atoms with Gasteiger partial charge in [-0.3, -0.25) is 0 Å². The zero-order chi connectivity index (χ0) is 12.6. The monoisotopic (exact) mass is 248 g/mol. The normalized spacial score (nSPS) is 14.2. The summed E-state index contributed by atoms with van der Waals surface area (Å²) in [6, 6.07) is 0. The van der Waals surface area contributed by atoms with Crippen molar-refractivity contribution in [1.82, 2.24) is 0 Å². The average Bonchev–Trinajstić information content (AvgIpc) is 2.28. The Morgan fingerprint density at radius 3 is 2.31 bits per heavy atom. The number of methoxy groups -OCH3 is 3. The summed E-state index contributed by atoms with van der Waals surface area (Å²) in [6.45, 7) is 1.74. The van der Waals surface area contributed by atoms with Gasteiger partial charge in [0.05, 0.1) is 16.7 Å². The Labute approximate surface area is 99.1 Å². The zero-order valence-corrected chi connectivity index (χ0v) is 12.5. The van der Waals surface area contributed by atoms with Crippen molar-refractivity contribution >= 4 is 16.2 Å². The number of hydrogen-bond acceptors (Lipinski definition) is 5. The molecule has 1 atom stereocenters. The molecule has 0 saturated heterocycles. The summed E-state index contributed by atoms with van der Waals surface area (Å²) >= 11 is 0. The molecular formula is C10H20O5Si. The van der Waals surface area contributed by atoms with E-state index in [2.05, 4.69) is 0 Å². The Morgan fingerprint density at radius 1 is 1.38 bits per heavy atom. The second-order valence-electron chi connectivity index (χ2n) is 3.35. The smallest absolute Gasteiger partial charge is 0.332 e. The van der Waals surface area contributed by atoms with Gasteiger partial charge in [-0.2, -0.15) is 0 Å². The molecule has 0 fully saturated rings. The fourth-order valence-electron chi connectivity index (χ4n) is 1.03. The van der Waals surface area contributed by atoms with Crippen LogP contribution in [0.3, 0.4) is 0 Å². The lowest BCUT2D eigenvalue weighted by atomic mass is 10.4. The third kappa shape index (κ3) is 5.41. The highest BCUT2D eigenvalue weighted by molar-refractivity contribution is 6.13. The third-order valence-electron chi connectivity index (χ3n) is 2.21. The molecule has 0 heterocycles. The number of allylic oxidation sites excluding steroid dienone is 1. The van der Waals surface area contributed by atoms with Crippen molar-refractivity contribution < 1.29 is 23.7 Å². The van der Waals surface area contributed by atoms with Crippen molar-refractivity contribution in [2.24, 2.45) is 0 Å². The van der Waals surface area contributed by atoms with E-state index in [0.29, 0.717) is 16.7 Å². The Balaban J connectivity index is 4.34. The van der Waals surface area contributed by atoms with Crippen molar-refractivity contribution in [2.75, 3.05) is 21.3 Å². The van der Waals surface area contributed by atoms with Gasteiger partial charge in [0.25, 0.3) is 0 Å². The van der Waals surface area contributed by atoms with E-state index in [4.69, 9.17) is 18.9 Å². The fourth-order valence-corrected chi connectivity index (χ4v) is 1.36. The second kappa shape index (κ2) is 7.56. The topological polar surface area (TPSA) is 54.0 Å². The molecule has 0 radical (unpaired) electrons. The molecule has 0 aliphatic heterocycles. The van der Waals surface area contributed by atoms with Crippen molar-refractivity contribution in [1.29, 1.82) is 0 Å². The van der Waals surface area contributed by atoms with E-state index in [0.717, 1.165) is 0 Å². The quantitative estimate of drug-likeness (QED) is 0.270. The van der Waals surface area contributed by atoms with Crippen molar-refractivity contribution in [3.05, 3.63) is 12.2 Å². The molecule has 16 heavy (non-hydrogen) atoms. The van der Waals surface area contributed by atoms with Gasteiger partial charge in [-0.15, -0.1) is 0 Å². The number of ether oxygens (including phenoxy) is 4. The lowest BCUT2D eigenvalue weighted by Gasteiger charge is -2.29. The van der Waals surface area contributed by atoms with Crippen LogP contribution >= 0.6 is 0 Å². The summed E-state index contributed by atoms with van der Waals surface area (Å²) < 4.78 is 20.5. The fraction of sp³-hybridized carbons (Fsp3) is 0.700. The maximum atomic E-state index is 11.2. The largest absolute Gasteiger partial charge is 0.432 e. The van der Waals surface area contributed by atoms with Gasteiger partial charge >= 0.3 is 5.97 Å². The van der Waals surface area contributed by atoms with Crippen LogP contribution in [0.2, 0.25) is 0 Å². The number of carbonyl (C=O) groups excluding carboxylic acids is 1. The van der Waals surface area contributed by atoms with Crippen molar-refractivity contribution in [3.8, 4) is 0 Å². The van der Waals surface area contributed by atoms with E-state index in [-0.39, 0.29) is 0 Å². The average molecular weight is 248 g/mol. The van der Waals surface area contributed by atoms with E-state index in [9.17, 15) is 4.79 Å².